The predicted molar refractivity (Wildman–Crippen MR) is 84.8 cm³/mol. The van der Waals surface area contributed by atoms with Gasteiger partial charge in [0.15, 0.2) is 0 Å². The number of hydrogen-bond acceptors (Lipinski definition) is 1. The lowest BCUT2D eigenvalue weighted by Crippen LogP contribution is -1.91. The Labute approximate surface area is 116 Å². The first-order valence-electron chi connectivity index (χ1n) is 7.34. The van der Waals surface area contributed by atoms with E-state index in [-0.39, 0.29) is 0 Å². The first-order valence-corrected chi connectivity index (χ1v) is 7.34. The van der Waals surface area contributed by atoms with E-state index in [1.807, 2.05) is 13.8 Å². The lowest BCUT2D eigenvalue weighted by molar-refractivity contribution is 1.10. The van der Waals surface area contributed by atoms with Gasteiger partial charge in [-0.15, -0.1) is 0 Å². The standard InChI is InChI=1S/C16H17N.C2H6/c1-2-12-6-3-4-7-13(12)14-8-5-9-16-15(14)10-11-17-16;1-2/h3-9,17H,2,10-11H2,1H3;1-2H3. The van der Waals surface area contributed by atoms with E-state index in [9.17, 15) is 0 Å². The fourth-order valence-electron chi connectivity index (χ4n) is 2.69. The number of benzene rings is 2. The maximum atomic E-state index is 3.45. The van der Waals surface area contributed by atoms with Crippen LogP contribution in [0.4, 0.5) is 5.69 Å². The Morgan fingerprint density at radius 1 is 0.947 bits per heavy atom. The van der Waals surface area contributed by atoms with Crippen LogP contribution in [-0.4, -0.2) is 6.54 Å². The lowest BCUT2D eigenvalue weighted by atomic mass is 9.93. The summed E-state index contributed by atoms with van der Waals surface area (Å²) in [6.07, 6.45) is 2.23. The third-order valence-electron chi connectivity index (χ3n) is 3.55. The highest BCUT2D eigenvalue weighted by atomic mass is 14.9. The maximum absolute atomic E-state index is 3.45. The molecule has 1 nitrogen and oxygen atoms in total. The number of nitrogens with one attached hydrogen (secondary N) is 1. The van der Waals surface area contributed by atoms with Crippen LogP contribution in [-0.2, 0) is 12.8 Å². The highest BCUT2D eigenvalue weighted by molar-refractivity contribution is 5.77. The summed E-state index contributed by atoms with van der Waals surface area (Å²) >= 11 is 0. The molecule has 1 N–H and O–H groups in total. The Balaban J connectivity index is 0.000000637. The third kappa shape index (κ3) is 2.65. The number of hydrogen-bond donors (Lipinski definition) is 1. The zero-order valence-corrected chi connectivity index (χ0v) is 12.2. The average molecular weight is 253 g/mol. The van der Waals surface area contributed by atoms with Crippen molar-refractivity contribution in [2.45, 2.75) is 33.6 Å². The summed E-state index contributed by atoms with van der Waals surface area (Å²) in [5, 5.41) is 3.45. The van der Waals surface area contributed by atoms with Crippen molar-refractivity contribution in [2.24, 2.45) is 0 Å². The molecule has 0 bridgehead atoms. The van der Waals surface area contributed by atoms with E-state index in [0.29, 0.717) is 0 Å². The molecule has 0 amide bonds. The number of anilines is 1. The maximum Gasteiger partial charge on any atom is 0.0379 e. The van der Waals surface area contributed by atoms with Crippen molar-refractivity contribution in [1.82, 2.24) is 0 Å². The molecule has 3 rings (SSSR count). The molecule has 0 spiro atoms. The van der Waals surface area contributed by atoms with Crippen LogP contribution in [0.2, 0.25) is 0 Å². The summed E-state index contributed by atoms with van der Waals surface area (Å²) in [4.78, 5) is 0. The van der Waals surface area contributed by atoms with E-state index in [4.69, 9.17) is 0 Å². The second-order valence-corrected chi connectivity index (χ2v) is 4.52. The van der Waals surface area contributed by atoms with Crippen LogP contribution >= 0.6 is 0 Å². The Morgan fingerprint density at radius 2 is 1.68 bits per heavy atom. The van der Waals surface area contributed by atoms with Crippen molar-refractivity contribution in [1.29, 1.82) is 0 Å². The Hall–Kier alpha value is -1.76. The normalized spacial score (nSPS) is 12.2. The zero-order valence-electron chi connectivity index (χ0n) is 12.2. The minimum atomic E-state index is 1.07. The van der Waals surface area contributed by atoms with Crippen molar-refractivity contribution < 1.29 is 0 Å². The molecular formula is C18H23N. The third-order valence-corrected chi connectivity index (χ3v) is 3.55. The molecular weight excluding hydrogens is 230 g/mol. The fraction of sp³-hybridized carbons (Fsp3) is 0.333. The molecule has 100 valence electrons. The highest BCUT2D eigenvalue weighted by Gasteiger charge is 2.15. The summed E-state index contributed by atoms with van der Waals surface area (Å²) in [7, 11) is 0. The van der Waals surface area contributed by atoms with E-state index in [2.05, 4.69) is 54.7 Å². The van der Waals surface area contributed by atoms with Gasteiger partial charge in [-0.25, -0.2) is 0 Å². The van der Waals surface area contributed by atoms with E-state index in [1.54, 1.807) is 0 Å². The molecule has 0 aromatic heterocycles. The van der Waals surface area contributed by atoms with Crippen molar-refractivity contribution in [2.75, 3.05) is 11.9 Å². The smallest absolute Gasteiger partial charge is 0.0379 e. The van der Waals surface area contributed by atoms with Gasteiger partial charge in [-0.05, 0) is 41.2 Å². The van der Waals surface area contributed by atoms with Crippen LogP contribution in [0.5, 0.6) is 0 Å². The zero-order chi connectivity index (χ0) is 13.7. The molecule has 0 saturated carbocycles. The van der Waals surface area contributed by atoms with E-state index in [1.165, 1.54) is 27.9 Å². The summed E-state index contributed by atoms with van der Waals surface area (Å²) in [6.45, 7) is 7.29. The molecule has 0 atom stereocenters. The van der Waals surface area contributed by atoms with Crippen LogP contribution in [0.25, 0.3) is 11.1 Å². The van der Waals surface area contributed by atoms with Crippen LogP contribution in [0.1, 0.15) is 31.9 Å². The summed E-state index contributed by atoms with van der Waals surface area (Å²) < 4.78 is 0. The van der Waals surface area contributed by atoms with Crippen LogP contribution in [0, 0.1) is 0 Å². The monoisotopic (exact) mass is 253 g/mol. The van der Waals surface area contributed by atoms with Gasteiger partial charge >= 0.3 is 0 Å². The molecule has 1 aliphatic heterocycles. The van der Waals surface area contributed by atoms with Crippen molar-refractivity contribution in [3.63, 3.8) is 0 Å². The second kappa shape index (κ2) is 6.42. The summed E-state index contributed by atoms with van der Waals surface area (Å²) in [5.74, 6) is 0. The van der Waals surface area contributed by atoms with Gasteiger partial charge in [-0.1, -0.05) is 57.2 Å². The molecule has 1 heteroatoms. The van der Waals surface area contributed by atoms with Crippen molar-refractivity contribution >= 4 is 5.69 Å². The summed E-state index contributed by atoms with van der Waals surface area (Å²) in [6, 6.07) is 15.3. The van der Waals surface area contributed by atoms with Gasteiger partial charge in [0.05, 0.1) is 0 Å². The van der Waals surface area contributed by atoms with Gasteiger partial charge < -0.3 is 5.32 Å². The lowest BCUT2D eigenvalue weighted by Gasteiger charge is -2.11. The molecule has 0 unspecified atom stereocenters. The Morgan fingerprint density at radius 3 is 2.47 bits per heavy atom. The molecule has 0 fully saturated rings. The second-order valence-electron chi connectivity index (χ2n) is 4.52. The summed E-state index contributed by atoms with van der Waals surface area (Å²) in [5.41, 5.74) is 7.04. The quantitative estimate of drug-likeness (QED) is 0.801. The number of aryl methyl sites for hydroxylation is 1. The topological polar surface area (TPSA) is 12.0 Å². The van der Waals surface area contributed by atoms with Crippen LogP contribution < -0.4 is 5.32 Å². The molecule has 19 heavy (non-hydrogen) atoms. The van der Waals surface area contributed by atoms with Crippen molar-refractivity contribution in [3.05, 3.63) is 53.6 Å². The van der Waals surface area contributed by atoms with Gasteiger partial charge in [0.25, 0.3) is 0 Å². The molecule has 2 aromatic carbocycles. The van der Waals surface area contributed by atoms with Gasteiger partial charge in [-0.3, -0.25) is 0 Å². The van der Waals surface area contributed by atoms with Crippen molar-refractivity contribution in [3.8, 4) is 11.1 Å². The van der Waals surface area contributed by atoms with Crippen LogP contribution in [0.3, 0.4) is 0 Å². The molecule has 1 heterocycles. The Bertz CT molecular complexity index is 543. The van der Waals surface area contributed by atoms with Gasteiger partial charge in [0, 0.05) is 12.2 Å². The highest BCUT2D eigenvalue weighted by Crippen LogP contribution is 2.34. The van der Waals surface area contributed by atoms with E-state index >= 15 is 0 Å². The molecule has 0 radical (unpaired) electrons. The minimum absolute atomic E-state index is 1.07. The predicted octanol–water partition coefficient (Wildman–Crippen LogP) is 4.91. The first-order chi connectivity index (χ1) is 9.40. The molecule has 0 saturated heterocycles. The molecule has 1 aliphatic rings. The van der Waals surface area contributed by atoms with Crippen LogP contribution in [0.15, 0.2) is 42.5 Å². The van der Waals surface area contributed by atoms with Gasteiger partial charge in [0.2, 0.25) is 0 Å². The fourth-order valence-corrected chi connectivity index (χ4v) is 2.69. The SMILES string of the molecule is CC.CCc1ccccc1-c1cccc2c1CCN2. The Kier molecular flexibility index (Phi) is 4.62. The largest absolute Gasteiger partial charge is 0.384 e. The van der Waals surface area contributed by atoms with Gasteiger partial charge in [0.1, 0.15) is 0 Å². The molecule has 0 aliphatic carbocycles. The van der Waals surface area contributed by atoms with E-state index in [0.717, 1.165) is 19.4 Å². The number of fused-ring (bicyclic) bond motifs is 1. The average Bonchev–Trinajstić information content (AvgIpc) is 2.97. The van der Waals surface area contributed by atoms with E-state index < -0.39 is 0 Å². The van der Waals surface area contributed by atoms with Gasteiger partial charge in [-0.2, -0.15) is 0 Å². The molecule has 2 aromatic rings. The number of rotatable bonds is 2. The first kappa shape index (κ1) is 13.7. The minimum Gasteiger partial charge on any atom is -0.384 e.